The van der Waals surface area contributed by atoms with E-state index in [-0.39, 0.29) is 23.6 Å². The lowest BCUT2D eigenvalue weighted by atomic mass is 10.0. The van der Waals surface area contributed by atoms with Crippen molar-refractivity contribution in [3.8, 4) is 22.5 Å². The molecule has 0 unspecified atom stereocenters. The van der Waals surface area contributed by atoms with Crippen molar-refractivity contribution < 1.29 is 18.0 Å². The van der Waals surface area contributed by atoms with E-state index in [2.05, 4.69) is 30.6 Å². The van der Waals surface area contributed by atoms with Crippen LogP contribution in [0.25, 0.3) is 28.2 Å². The number of piperazine rings is 1. The summed E-state index contributed by atoms with van der Waals surface area (Å²) in [4.78, 5) is 25.4. The largest absolute Gasteiger partial charge is 0.416 e. The van der Waals surface area contributed by atoms with Crippen molar-refractivity contribution in [2.75, 3.05) is 43.9 Å². The van der Waals surface area contributed by atoms with Gasteiger partial charge in [-0.2, -0.15) is 18.3 Å². The van der Waals surface area contributed by atoms with Gasteiger partial charge in [0.15, 0.2) is 11.5 Å². The minimum Gasteiger partial charge on any atom is -0.308 e. The van der Waals surface area contributed by atoms with Crippen molar-refractivity contribution in [3.63, 3.8) is 0 Å². The predicted molar refractivity (Wildman–Crippen MR) is 157 cm³/mol. The summed E-state index contributed by atoms with van der Waals surface area (Å²) in [6, 6.07) is 12.7. The number of hydrogen-bond acceptors (Lipinski definition) is 6. The second-order valence-corrected chi connectivity index (χ2v) is 10.6. The minimum atomic E-state index is -4.55. The van der Waals surface area contributed by atoms with Gasteiger partial charge in [0.1, 0.15) is 0 Å². The summed E-state index contributed by atoms with van der Waals surface area (Å²) in [5, 5.41) is 9.49. The van der Waals surface area contributed by atoms with Crippen molar-refractivity contribution in [2.45, 2.75) is 12.7 Å². The number of likely N-dealkylation sites (N-methyl/N-ethyl adjacent to an activating group) is 1. The Balaban J connectivity index is 1.14. The summed E-state index contributed by atoms with van der Waals surface area (Å²) in [5.74, 6) is 0.259. The molecule has 4 heterocycles. The minimum absolute atomic E-state index is 0.0427. The number of urea groups is 1. The van der Waals surface area contributed by atoms with Gasteiger partial charge in [0.2, 0.25) is 0 Å². The highest BCUT2D eigenvalue weighted by molar-refractivity contribution is 5.99. The molecule has 6 rings (SSSR count). The van der Waals surface area contributed by atoms with Gasteiger partial charge in [-0.15, -0.1) is 0 Å². The molecule has 1 aliphatic heterocycles. The Kier molecular flexibility index (Phi) is 7.59. The zero-order valence-electron chi connectivity index (χ0n) is 23.6. The molecule has 2 aromatic carbocycles. The van der Waals surface area contributed by atoms with Crippen LogP contribution in [0.5, 0.6) is 0 Å². The van der Waals surface area contributed by atoms with E-state index in [0.717, 1.165) is 47.3 Å². The molecular formula is C30H30F3N9O. The lowest BCUT2D eigenvalue weighted by Gasteiger charge is -2.33. The standard InChI is InChI=1S/C30H30F3N9O/c1-39-11-13-41(14-12-39)19-22-7-8-23(15-24(22)30(31,32)33)36-29(43)37-27-16-25(40(2)38-27)20-3-5-21(6-4-20)26-17-34-18-28-35-9-10-42(26)28/h3-10,15-18H,11-14,19H2,1-2H3,(H2,36,37,38,43). The highest BCUT2D eigenvalue weighted by Gasteiger charge is 2.34. The second-order valence-electron chi connectivity index (χ2n) is 10.6. The zero-order valence-corrected chi connectivity index (χ0v) is 23.6. The van der Waals surface area contributed by atoms with Gasteiger partial charge in [0.05, 0.1) is 29.3 Å². The van der Waals surface area contributed by atoms with Gasteiger partial charge < -0.3 is 10.2 Å². The molecule has 10 nitrogen and oxygen atoms in total. The van der Waals surface area contributed by atoms with Crippen molar-refractivity contribution >= 4 is 23.2 Å². The first kappa shape index (κ1) is 28.4. The van der Waals surface area contributed by atoms with Crippen LogP contribution in [0.2, 0.25) is 0 Å². The van der Waals surface area contributed by atoms with E-state index in [1.54, 1.807) is 36.4 Å². The first-order chi connectivity index (χ1) is 20.6. The maximum atomic E-state index is 13.9. The molecule has 222 valence electrons. The van der Waals surface area contributed by atoms with E-state index >= 15 is 0 Å². The van der Waals surface area contributed by atoms with Crippen LogP contribution in [0, 0.1) is 0 Å². The van der Waals surface area contributed by atoms with Crippen LogP contribution < -0.4 is 10.6 Å². The summed E-state index contributed by atoms with van der Waals surface area (Å²) in [6.07, 6.45) is 2.50. The maximum absolute atomic E-state index is 13.9. The van der Waals surface area contributed by atoms with Crippen LogP contribution in [-0.2, 0) is 19.8 Å². The summed E-state index contributed by atoms with van der Waals surface area (Å²) >= 11 is 0. The molecule has 0 radical (unpaired) electrons. The third-order valence-electron chi connectivity index (χ3n) is 7.58. The molecule has 1 aliphatic rings. The van der Waals surface area contributed by atoms with E-state index in [0.29, 0.717) is 13.1 Å². The normalized spacial score (nSPS) is 14.7. The molecule has 13 heteroatoms. The number of aromatic nitrogens is 5. The van der Waals surface area contributed by atoms with E-state index in [9.17, 15) is 18.0 Å². The number of carbonyl (C=O) groups is 1. The number of hydrogen-bond donors (Lipinski definition) is 2. The highest BCUT2D eigenvalue weighted by Crippen LogP contribution is 2.35. The molecule has 2 N–H and O–H groups in total. The van der Waals surface area contributed by atoms with Crippen molar-refractivity contribution in [1.82, 2.24) is 33.9 Å². The van der Waals surface area contributed by atoms with Crippen molar-refractivity contribution in [2.24, 2.45) is 7.05 Å². The van der Waals surface area contributed by atoms with E-state index < -0.39 is 17.8 Å². The lowest BCUT2D eigenvalue weighted by molar-refractivity contribution is -0.138. The zero-order chi connectivity index (χ0) is 30.1. The molecule has 1 fully saturated rings. The first-order valence-electron chi connectivity index (χ1n) is 13.7. The summed E-state index contributed by atoms with van der Waals surface area (Å²) in [6.45, 7) is 3.21. The molecule has 43 heavy (non-hydrogen) atoms. The van der Waals surface area contributed by atoms with Gasteiger partial charge in [-0.05, 0) is 30.3 Å². The number of imidazole rings is 1. The van der Waals surface area contributed by atoms with Crippen molar-refractivity contribution in [1.29, 1.82) is 0 Å². The average Bonchev–Trinajstić information content (AvgIpc) is 3.61. The Labute approximate surface area is 245 Å². The van der Waals surface area contributed by atoms with Gasteiger partial charge in [-0.25, -0.2) is 9.78 Å². The number of nitrogens with zero attached hydrogens (tertiary/aromatic N) is 7. The van der Waals surface area contributed by atoms with Crippen LogP contribution >= 0.6 is 0 Å². The number of rotatable bonds is 6. The number of amides is 2. The van der Waals surface area contributed by atoms with Gasteiger partial charge in [0.25, 0.3) is 0 Å². The third-order valence-corrected chi connectivity index (χ3v) is 7.58. The van der Waals surface area contributed by atoms with Crippen LogP contribution in [0.4, 0.5) is 29.5 Å². The fraction of sp³-hybridized carbons (Fsp3) is 0.267. The van der Waals surface area contributed by atoms with E-state index in [1.165, 1.54) is 12.1 Å². The molecule has 0 spiro atoms. The van der Waals surface area contributed by atoms with E-state index in [4.69, 9.17) is 0 Å². The number of fused-ring (bicyclic) bond motifs is 1. The topological polar surface area (TPSA) is 95.6 Å². The van der Waals surface area contributed by atoms with Crippen LogP contribution in [0.15, 0.2) is 73.3 Å². The number of alkyl halides is 3. The SMILES string of the molecule is CN1CCN(Cc2ccc(NC(=O)Nc3cc(-c4ccc(-c5cncc6nccn56)cc4)n(C)n3)cc2C(F)(F)F)CC1. The number of halogens is 3. The third kappa shape index (κ3) is 6.22. The monoisotopic (exact) mass is 589 g/mol. The number of benzene rings is 2. The predicted octanol–water partition coefficient (Wildman–Crippen LogP) is 5.21. The highest BCUT2D eigenvalue weighted by atomic mass is 19.4. The molecule has 3 aromatic heterocycles. The Morgan fingerprint density at radius 1 is 0.907 bits per heavy atom. The fourth-order valence-corrected chi connectivity index (χ4v) is 5.26. The average molecular weight is 590 g/mol. The van der Waals surface area contributed by atoms with Gasteiger partial charge in [-0.3, -0.25) is 24.3 Å². The van der Waals surface area contributed by atoms with Crippen LogP contribution in [0.3, 0.4) is 0 Å². The number of nitrogens with one attached hydrogen (secondary N) is 2. The molecular weight excluding hydrogens is 559 g/mol. The number of anilines is 2. The van der Waals surface area contributed by atoms with Crippen LogP contribution in [-0.4, -0.2) is 73.2 Å². The summed E-state index contributed by atoms with van der Waals surface area (Å²) in [5.41, 5.74) is 3.67. The molecule has 5 aromatic rings. The molecule has 0 bridgehead atoms. The van der Waals surface area contributed by atoms with Gasteiger partial charge in [-0.1, -0.05) is 30.3 Å². The number of carbonyl (C=O) groups excluding carboxylic acids is 1. The first-order valence-corrected chi connectivity index (χ1v) is 13.7. The second kappa shape index (κ2) is 11.5. The van der Waals surface area contributed by atoms with Gasteiger partial charge >= 0.3 is 12.2 Å². The quantitative estimate of drug-likeness (QED) is 0.283. The Morgan fingerprint density at radius 2 is 1.63 bits per heavy atom. The summed E-state index contributed by atoms with van der Waals surface area (Å²) < 4.78 is 45.4. The smallest absolute Gasteiger partial charge is 0.308 e. The molecule has 0 aliphatic carbocycles. The van der Waals surface area contributed by atoms with E-state index in [1.807, 2.05) is 46.8 Å². The summed E-state index contributed by atoms with van der Waals surface area (Å²) in [7, 11) is 3.74. The van der Waals surface area contributed by atoms with Crippen molar-refractivity contribution in [3.05, 3.63) is 84.4 Å². The van der Waals surface area contributed by atoms with Gasteiger partial charge in [0, 0.05) is 69.5 Å². The Morgan fingerprint density at radius 3 is 2.35 bits per heavy atom. The molecule has 0 saturated carbocycles. The Bertz CT molecular complexity index is 1750. The molecule has 0 atom stereocenters. The fourth-order valence-electron chi connectivity index (χ4n) is 5.26. The maximum Gasteiger partial charge on any atom is 0.416 e. The van der Waals surface area contributed by atoms with Crippen LogP contribution in [0.1, 0.15) is 11.1 Å². The molecule has 2 amide bonds. The number of aryl methyl sites for hydroxylation is 1. The molecule has 1 saturated heterocycles. The lowest BCUT2D eigenvalue weighted by Crippen LogP contribution is -2.44. The Hall–Kier alpha value is -4.75.